The summed E-state index contributed by atoms with van der Waals surface area (Å²) >= 11 is 6.10. The van der Waals surface area contributed by atoms with Crippen LogP contribution in [0.2, 0.25) is 5.02 Å². The first-order chi connectivity index (χ1) is 10.6. The Hall–Kier alpha value is -1.13. The number of amides is 1. The lowest BCUT2D eigenvalue weighted by atomic mass is 9.92. The molecule has 2 aliphatic carbocycles. The van der Waals surface area contributed by atoms with Crippen LogP contribution in [0.3, 0.4) is 0 Å². The van der Waals surface area contributed by atoms with E-state index < -0.39 is 0 Å². The standard InChI is InChI=1S/C17H20ClFN2O/c18-12-2-1-3-13(19)15(12)10-8-14(10)21-16(22)11-9-17(11)4-6-20-7-5-17/h1-3,10-11,14,20H,4-9H2,(H,21,22). The molecule has 4 rings (SSSR count). The van der Waals surface area contributed by atoms with Gasteiger partial charge in [0.25, 0.3) is 0 Å². The van der Waals surface area contributed by atoms with Crippen LogP contribution < -0.4 is 10.6 Å². The smallest absolute Gasteiger partial charge is 0.223 e. The van der Waals surface area contributed by atoms with Gasteiger partial charge in [0.05, 0.1) is 0 Å². The molecule has 1 aliphatic heterocycles. The van der Waals surface area contributed by atoms with Crippen LogP contribution in [0.4, 0.5) is 4.39 Å². The quantitative estimate of drug-likeness (QED) is 0.898. The Morgan fingerprint density at radius 3 is 2.86 bits per heavy atom. The van der Waals surface area contributed by atoms with E-state index in [1.54, 1.807) is 12.1 Å². The van der Waals surface area contributed by atoms with Crippen molar-refractivity contribution in [1.82, 2.24) is 10.6 Å². The molecule has 0 radical (unpaired) electrons. The second-order valence-electron chi connectivity index (χ2n) is 6.96. The fourth-order valence-corrected chi connectivity index (χ4v) is 4.32. The summed E-state index contributed by atoms with van der Waals surface area (Å²) in [5.74, 6) is 0.0738. The lowest BCUT2D eigenvalue weighted by Crippen LogP contribution is -2.34. The van der Waals surface area contributed by atoms with Crippen molar-refractivity contribution in [3.05, 3.63) is 34.6 Å². The minimum absolute atomic E-state index is 0.0281. The molecule has 1 aromatic rings. The van der Waals surface area contributed by atoms with Gasteiger partial charge in [0, 0.05) is 28.5 Å². The van der Waals surface area contributed by atoms with E-state index in [1.165, 1.54) is 6.07 Å². The highest BCUT2D eigenvalue weighted by molar-refractivity contribution is 6.31. The van der Waals surface area contributed by atoms with Gasteiger partial charge in [0.2, 0.25) is 5.91 Å². The van der Waals surface area contributed by atoms with Gasteiger partial charge in [0.1, 0.15) is 5.82 Å². The zero-order valence-electron chi connectivity index (χ0n) is 12.4. The lowest BCUT2D eigenvalue weighted by molar-refractivity contribution is -0.123. The number of rotatable bonds is 3. The van der Waals surface area contributed by atoms with Crippen molar-refractivity contribution in [2.24, 2.45) is 11.3 Å². The average Bonchev–Trinajstić information content (AvgIpc) is 3.38. The molecular formula is C17H20ClFN2O. The lowest BCUT2D eigenvalue weighted by Gasteiger charge is -2.23. The maximum Gasteiger partial charge on any atom is 0.223 e. The van der Waals surface area contributed by atoms with E-state index in [4.69, 9.17) is 11.6 Å². The van der Waals surface area contributed by atoms with Crippen LogP contribution in [0, 0.1) is 17.2 Å². The van der Waals surface area contributed by atoms with Crippen molar-refractivity contribution >= 4 is 17.5 Å². The Kier molecular flexibility index (Phi) is 3.42. The minimum Gasteiger partial charge on any atom is -0.352 e. The van der Waals surface area contributed by atoms with Crippen LogP contribution >= 0.6 is 11.6 Å². The summed E-state index contributed by atoms with van der Waals surface area (Å²) in [7, 11) is 0. The van der Waals surface area contributed by atoms with Gasteiger partial charge < -0.3 is 10.6 Å². The minimum atomic E-state index is -0.268. The van der Waals surface area contributed by atoms with Crippen molar-refractivity contribution in [2.45, 2.75) is 37.6 Å². The highest BCUT2D eigenvalue weighted by Gasteiger charge is 2.58. The fraction of sp³-hybridized carbons (Fsp3) is 0.588. The topological polar surface area (TPSA) is 41.1 Å². The van der Waals surface area contributed by atoms with E-state index in [0.717, 1.165) is 38.8 Å². The molecule has 0 bridgehead atoms. The number of nitrogens with one attached hydrogen (secondary N) is 2. The van der Waals surface area contributed by atoms with Gasteiger partial charge in [-0.05, 0) is 56.3 Å². The number of piperidine rings is 1. The second-order valence-corrected chi connectivity index (χ2v) is 7.37. The number of halogens is 2. The molecule has 1 aromatic carbocycles. The molecule has 118 valence electrons. The molecule has 1 amide bonds. The van der Waals surface area contributed by atoms with Crippen molar-refractivity contribution < 1.29 is 9.18 Å². The van der Waals surface area contributed by atoms with Crippen LogP contribution in [0.1, 0.15) is 37.2 Å². The highest BCUT2D eigenvalue weighted by atomic mass is 35.5. The van der Waals surface area contributed by atoms with Crippen LogP contribution in [0.15, 0.2) is 18.2 Å². The highest BCUT2D eigenvalue weighted by Crippen LogP contribution is 2.59. The normalized spacial score (nSPS) is 31.8. The molecule has 3 nitrogen and oxygen atoms in total. The van der Waals surface area contributed by atoms with Crippen LogP contribution in [-0.4, -0.2) is 25.0 Å². The number of benzene rings is 1. The SMILES string of the molecule is O=C(NC1CC1c1c(F)cccc1Cl)C1CC12CCNCC2. The van der Waals surface area contributed by atoms with Crippen LogP contribution in [0.5, 0.6) is 0 Å². The predicted octanol–water partition coefficient (Wildman–Crippen LogP) is 2.84. The molecule has 2 saturated carbocycles. The maximum atomic E-state index is 13.9. The van der Waals surface area contributed by atoms with E-state index in [-0.39, 0.29) is 35.0 Å². The Labute approximate surface area is 134 Å². The zero-order chi connectivity index (χ0) is 15.3. The van der Waals surface area contributed by atoms with Crippen molar-refractivity contribution in [2.75, 3.05) is 13.1 Å². The van der Waals surface area contributed by atoms with E-state index >= 15 is 0 Å². The van der Waals surface area contributed by atoms with Gasteiger partial charge in [-0.2, -0.15) is 0 Å². The summed E-state index contributed by atoms with van der Waals surface area (Å²) < 4.78 is 13.9. The molecule has 22 heavy (non-hydrogen) atoms. The number of carbonyl (C=O) groups is 1. The summed E-state index contributed by atoms with van der Waals surface area (Å²) in [6.45, 7) is 2.03. The van der Waals surface area contributed by atoms with Crippen LogP contribution in [0.25, 0.3) is 0 Å². The number of hydrogen-bond donors (Lipinski definition) is 2. The number of hydrogen-bond acceptors (Lipinski definition) is 2. The molecule has 1 saturated heterocycles. The molecule has 3 unspecified atom stereocenters. The van der Waals surface area contributed by atoms with Gasteiger partial charge in [-0.3, -0.25) is 4.79 Å². The fourth-order valence-electron chi connectivity index (χ4n) is 4.02. The molecule has 3 fully saturated rings. The Morgan fingerprint density at radius 1 is 1.36 bits per heavy atom. The molecule has 3 atom stereocenters. The van der Waals surface area contributed by atoms with Gasteiger partial charge in [-0.1, -0.05) is 17.7 Å². The third-order valence-electron chi connectivity index (χ3n) is 5.59. The van der Waals surface area contributed by atoms with Gasteiger partial charge in [-0.25, -0.2) is 4.39 Å². The molecule has 5 heteroatoms. The Bertz CT molecular complexity index is 594. The molecule has 1 heterocycles. The number of carbonyl (C=O) groups excluding carboxylic acids is 1. The van der Waals surface area contributed by atoms with Gasteiger partial charge in [0.15, 0.2) is 0 Å². The summed E-state index contributed by atoms with van der Waals surface area (Å²) in [5, 5.41) is 6.91. The molecule has 1 spiro atoms. The molecule has 0 aromatic heterocycles. The molecular weight excluding hydrogens is 303 g/mol. The van der Waals surface area contributed by atoms with Crippen molar-refractivity contribution in [3.63, 3.8) is 0 Å². The summed E-state index contributed by atoms with van der Waals surface area (Å²) in [4.78, 5) is 12.4. The second kappa shape index (κ2) is 5.20. The first-order valence-electron chi connectivity index (χ1n) is 8.06. The first kappa shape index (κ1) is 14.5. The zero-order valence-corrected chi connectivity index (χ0v) is 13.1. The first-order valence-corrected chi connectivity index (χ1v) is 8.43. The van der Waals surface area contributed by atoms with E-state index in [9.17, 15) is 9.18 Å². The summed E-state index contributed by atoms with van der Waals surface area (Å²) in [5.41, 5.74) is 0.803. The average molecular weight is 323 g/mol. The summed E-state index contributed by atoms with van der Waals surface area (Å²) in [6, 6.07) is 4.80. The van der Waals surface area contributed by atoms with E-state index in [2.05, 4.69) is 10.6 Å². The van der Waals surface area contributed by atoms with Gasteiger partial charge >= 0.3 is 0 Å². The largest absolute Gasteiger partial charge is 0.352 e. The molecule has 3 aliphatic rings. The van der Waals surface area contributed by atoms with E-state index in [1.807, 2.05) is 0 Å². The Balaban J connectivity index is 1.37. The predicted molar refractivity (Wildman–Crippen MR) is 83.3 cm³/mol. The third kappa shape index (κ3) is 2.42. The third-order valence-corrected chi connectivity index (χ3v) is 5.92. The maximum absolute atomic E-state index is 13.9. The van der Waals surface area contributed by atoms with Crippen LogP contribution in [-0.2, 0) is 4.79 Å². The van der Waals surface area contributed by atoms with Crippen molar-refractivity contribution in [1.29, 1.82) is 0 Å². The monoisotopic (exact) mass is 322 g/mol. The van der Waals surface area contributed by atoms with Crippen molar-refractivity contribution in [3.8, 4) is 0 Å². The summed E-state index contributed by atoms with van der Waals surface area (Å²) in [6.07, 6.45) is 3.99. The van der Waals surface area contributed by atoms with Gasteiger partial charge in [-0.15, -0.1) is 0 Å². The molecule has 2 N–H and O–H groups in total. The van der Waals surface area contributed by atoms with E-state index in [0.29, 0.717) is 10.6 Å². The Morgan fingerprint density at radius 2 is 2.14 bits per heavy atom.